The third kappa shape index (κ3) is 3.97. The smallest absolute Gasteiger partial charge is 0.342 e. The Morgan fingerprint density at radius 1 is 1.15 bits per heavy atom. The van der Waals surface area contributed by atoms with Gasteiger partial charge in [0.1, 0.15) is 5.82 Å². The van der Waals surface area contributed by atoms with E-state index in [1.165, 1.54) is 0 Å². The van der Waals surface area contributed by atoms with E-state index in [1.54, 1.807) is 0 Å². The van der Waals surface area contributed by atoms with Gasteiger partial charge in [0.2, 0.25) is 0 Å². The summed E-state index contributed by atoms with van der Waals surface area (Å²) in [5.74, 6) is 0.428. The van der Waals surface area contributed by atoms with Crippen LogP contribution in [0, 0.1) is 0 Å². The van der Waals surface area contributed by atoms with Crippen LogP contribution in [0.2, 0.25) is 0 Å². The van der Waals surface area contributed by atoms with Crippen molar-refractivity contribution in [1.29, 1.82) is 0 Å². The zero-order valence-electron chi connectivity index (χ0n) is 14.1. The van der Waals surface area contributed by atoms with Crippen molar-refractivity contribution < 1.29 is 22.0 Å². The minimum atomic E-state index is -4.70. The summed E-state index contributed by atoms with van der Waals surface area (Å²) < 4.78 is 63.6. The standard InChI is InChI=1S/C17H19F5IN3/c1-24-15(5-3-2-4-6-15)9-13-25-12-8-10(16(18,19)20)7-11(14(12)26-13)17(21,22)23/h7-8,24H,2-6,9H2,1H3,(H,25,26). The molecule has 9 heteroatoms. The number of hydrogen-bond donors (Lipinski definition) is 2. The van der Waals surface area contributed by atoms with E-state index in [1.807, 2.05) is 7.05 Å². The lowest BCUT2D eigenvalue weighted by Crippen LogP contribution is -2.46. The fourth-order valence-electron chi connectivity index (χ4n) is 3.70. The first-order valence-corrected chi connectivity index (χ1v) is 9.48. The zero-order valence-corrected chi connectivity index (χ0v) is 16.3. The van der Waals surface area contributed by atoms with Crippen molar-refractivity contribution in [2.24, 2.45) is 0 Å². The molecule has 0 radical (unpaired) electrons. The molecule has 3 nitrogen and oxygen atoms in total. The number of fused-ring (bicyclic) bond motifs is 1. The number of aromatic amines is 1. The SMILES string of the molecule is CNC1(Cc2nc3c(C(F)(F)I)cc(C(F)(F)F)cc3[nH]2)CCCCC1. The van der Waals surface area contributed by atoms with Gasteiger partial charge in [0.05, 0.1) is 22.2 Å². The number of alkyl halides is 6. The van der Waals surface area contributed by atoms with Crippen LogP contribution in [0.3, 0.4) is 0 Å². The normalized spacial score (nSPS) is 18.4. The highest BCUT2D eigenvalue weighted by Gasteiger charge is 2.38. The quantitative estimate of drug-likeness (QED) is 0.339. The van der Waals surface area contributed by atoms with Crippen LogP contribution >= 0.6 is 22.6 Å². The molecule has 1 aliphatic carbocycles. The first-order valence-electron chi connectivity index (χ1n) is 8.40. The summed E-state index contributed by atoms with van der Waals surface area (Å²) in [7, 11) is 1.85. The minimum absolute atomic E-state index is 0.0109. The summed E-state index contributed by atoms with van der Waals surface area (Å²) in [5, 5.41) is 3.30. The molecule has 0 unspecified atom stereocenters. The highest BCUT2D eigenvalue weighted by molar-refractivity contribution is 14.1. The Hall–Kier alpha value is -0.970. The average molecular weight is 487 g/mol. The van der Waals surface area contributed by atoms with Crippen LogP contribution in [-0.4, -0.2) is 22.6 Å². The molecule has 0 spiro atoms. The van der Waals surface area contributed by atoms with Crippen LogP contribution in [0.5, 0.6) is 0 Å². The molecule has 26 heavy (non-hydrogen) atoms. The summed E-state index contributed by atoms with van der Waals surface area (Å²) in [6, 6.07) is 1.35. The van der Waals surface area contributed by atoms with E-state index >= 15 is 0 Å². The molecule has 1 heterocycles. The fourth-order valence-corrected chi connectivity index (χ4v) is 4.11. The van der Waals surface area contributed by atoms with Gasteiger partial charge in [-0.2, -0.15) is 22.0 Å². The van der Waals surface area contributed by atoms with Gasteiger partial charge < -0.3 is 10.3 Å². The Balaban J connectivity index is 2.07. The molecule has 1 fully saturated rings. The van der Waals surface area contributed by atoms with E-state index in [-0.39, 0.29) is 16.6 Å². The zero-order chi connectivity index (χ0) is 19.2. The third-order valence-electron chi connectivity index (χ3n) is 5.12. The van der Waals surface area contributed by atoms with E-state index in [9.17, 15) is 22.0 Å². The monoisotopic (exact) mass is 487 g/mol. The molecular formula is C17H19F5IN3. The third-order valence-corrected chi connectivity index (χ3v) is 5.70. The number of rotatable bonds is 4. The second kappa shape index (κ2) is 6.88. The number of hydrogen-bond acceptors (Lipinski definition) is 2. The van der Waals surface area contributed by atoms with Crippen molar-refractivity contribution in [2.75, 3.05) is 7.05 Å². The van der Waals surface area contributed by atoms with Gasteiger partial charge in [0, 0.05) is 34.6 Å². The Kier molecular flexibility index (Phi) is 5.24. The summed E-state index contributed by atoms with van der Waals surface area (Å²) in [6.45, 7) is 0. The highest BCUT2D eigenvalue weighted by atomic mass is 127. The van der Waals surface area contributed by atoms with E-state index in [0.29, 0.717) is 18.3 Å². The summed E-state index contributed by atoms with van der Waals surface area (Å²) >= 11 is 0.843. The van der Waals surface area contributed by atoms with Crippen LogP contribution in [-0.2, 0) is 16.5 Å². The molecule has 1 aromatic heterocycles. The molecule has 0 amide bonds. The number of nitrogens with zero attached hydrogens (tertiary/aromatic N) is 1. The van der Waals surface area contributed by atoms with Gasteiger partial charge in [-0.1, -0.05) is 19.3 Å². The average Bonchev–Trinajstić information content (AvgIpc) is 2.94. The van der Waals surface area contributed by atoms with Crippen LogP contribution < -0.4 is 5.32 Å². The summed E-state index contributed by atoms with van der Waals surface area (Å²) in [6.07, 6.45) is 0.848. The van der Waals surface area contributed by atoms with E-state index in [0.717, 1.165) is 60.8 Å². The maximum absolute atomic E-state index is 13.9. The van der Waals surface area contributed by atoms with Crippen molar-refractivity contribution in [3.05, 3.63) is 29.1 Å². The van der Waals surface area contributed by atoms with Gasteiger partial charge in [-0.15, -0.1) is 0 Å². The molecule has 0 atom stereocenters. The maximum Gasteiger partial charge on any atom is 0.416 e. The first kappa shape index (κ1) is 19.8. The highest BCUT2D eigenvalue weighted by Crippen LogP contribution is 2.42. The summed E-state index contributed by atoms with van der Waals surface area (Å²) in [4.78, 5) is 7.08. The van der Waals surface area contributed by atoms with Gasteiger partial charge in [-0.05, 0) is 32.0 Å². The van der Waals surface area contributed by atoms with Crippen LogP contribution in [0.25, 0.3) is 11.0 Å². The molecule has 3 rings (SSSR count). The topological polar surface area (TPSA) is 40.7 Å². The van der Waals surface area contributed by atoms with Crippen LogP contribution in [0.4, 0.5) is 22.0 Å². The number of likely N-dealkylation sites (N-methyl/N-ethyl adjacent to an activating group) is 1. The van der Waals surface area contributed by atoms with Gasteiger partial charge >= 0.3 is 10.1 Å². The largest absolute Gasteiger partial charge is 0.416 e. The molecule has 2 aromatic rings. The second-order valence-corrected chi connectivity index (χ2v) is 8.22. The number of H-pyrrole nitrogens is 1. The lowest BCUT2D eigenvalue weighted by atomic mass is 9.79. The Morgan fingerprint density at radius 3 is 2.35 bits per heavy atom. The number of nitrogens with one attached hydrogen (secondary N) is 2. The molecule has 1 saturated carbocycles. The van der Waals surface area contributed by atoms with Gasteiger partial charge in [0.15, 0.2) is 0 Å². The molecular weight excluding hydrogens is 468 g/mol. The van der Waals surface area contributed by atoms with Crippen LogP contribution in [0.15, 0.2) is 12.1 Å². The summed E-state index contributed by atoms with van der Waals surface area (Å²) in [5.41, 5.74) is -2.13. The number of halogens is 6. The van der Waals surface area contributed by atoms with Crippen molar-refractivity contribution in [2.45, 2.75) is 54.2 Å². The lowest BCUT2D eigenvalue weighted by molar-refractivity contribution is -0.137. The molecule has 1 aliphatic rings. The Bertz CT molecular complexity index is 788. The van der Waals surface area contributed by atoms with E-state index < -0.39 is 21.2 Å². The predicted molar refractivity (Wildman–Crippen MR) is 97.6 cm³/mol. The Labute approximate surface area is 161 Å². The maximum atomic E-state index is 13.9. The lowest BCUT2D eigenvalue weighted by Gasteiger charge is -2.36. The van der Waals surface area contributed by atoms with Crippen molar-refractivity contribution >= 4 is 33.6 Å². The van der Waals surface area contributed by atoms with Crippen molar-refractivity contribution in [3.8, 4) is 0 Å². The van der Waals surface area contributed by atoms with E-state index in [4.69, 9.17) is 0 Å². The molecule has 144 valence electrons. The Morgan fingerprint density at radius 2 is 1.81 bits per heavy atom. The van der Waals surface area contributed by atoms with E-state index in [2.05, 4.69) is 15.3 Å². The van der Waals surface area contributed by atoms with Crippen LogP contribution in [0.1, 0.15) is 49.1 Å². The number of imidazole rings is 1. The minimum Gasteiger partial charge on any atom is -0.342 e. The van der Waals surface area contributed by atoms with Gasteiger partial charge in [-0.25, -0.2) is 4.98 Å². The number of benzene rings is 1. The van der Waals surface area contributed by atoms with Crippen molar-refractivity contribution in [3.63, 3.8) is 0 Å². The molecule has 0 bridgehead atoms. The molecule has 2 N–H and O–H groups in total. The second-order valence-electron chi connectivity index (χ2n) is 6.87. The first-order chi connectivity index (χ1) is 12.0. The van der Waals surface area contributed by atoms with Gasteiger partial charge in [-0.3, -0.25) is 0 Å². The van der Waals surface area contributed by atoms with Crippen molar-refractivity contribution in [1.82, 2.24) is 15.3 Å². The number of aromatic nitrogens is 2. The molecule has 0 aliphatic heterocycles. The predicted octanol–water partition coefficient (Wildman–Crippen LogP) is 5.53. The van der Waals surface area contributed by atoms with Gasteiger partial charge in [0.25, 0.3) is 0 Å². The molecule has 1 aromatic carbocycles. The molecule has 0 saturated heterocycles. The fraction of sp³-hybridized carbons (Fsp3) is 0.588.